The summed E-state index contributed by atoms with van der Waals surface area (Å²) in [5.74, 6) is 0.725. The first-order valence-corrected chi connectivity index (χ1v) is 5.76. The summed E-state index contributed by atoms with van der Waals surface area (Å²) in [5.41, 5.74) is 1.41. The minimum Gasteiger partial charge on any atom is -0.309 e. The maximum Gasteiger partial charge on any atom is 0.0388 e. The SMILES string of the molecule is Cc1ccsc1[C@H](C)NCC(C)C. The normalized spacial score (nSPS) is 13.6. The van der Waals surface area contributed by atoms with Gasteiger partial charge in [-0.1, -0.05) is 13.8 Å². The highest BCUT2D eigenvalue weighted by molar-refractivity contribution is 7.10. The Morgan fingerprint density at radius 3 is 2.54 bits per heavy atom. The molecular formula is C11H19NS. The molecule has 0 fully saturated rings. The van der Waals surface area contributed by atoms with Gasteiger partial charge in [0.05, 0.1) is 0 Å². The van der Waals surface area contributed by atoms with E-state index in [1.54, 1.807) is 0 Å². The summed E-state index contributed by atoms with van der Waals surface area (Å²) in [6, 6.07) is 2.69. The molecule has 1 N–H and O–H groups in total. The monoisotopic (exact) mass is 197 g/mol. The van der Waals surface area contributed by atoms with Gasteiger partial charge >= 0.3 is 0 Å². The topological polar surface area (TPSA) is 12.0 Å². The molecule has 0 aliphatic heterocycles. The van der Waals surface area contributed by atoms with E-state index in [9.17, 15) is 0 Å². The first-order chi connectivity index (χ1) is 6.11. The highest BCUT2D eigenvalue weighted by Crippen LogP contribution is 2.23. The molecule has 13 heavy (non-hydrogen) atoms. The van der Waals surface area contributed by atoms with Crippen LogP contribution in [0.2, 0.25) is 0 Å². The molecule has 0 saturated carbocycles. The molecule has 74 valence electrons. The molecule has 0 saturated heterocycles. The van der Waals surface area contributed by atoms with Crippen molar-refractivity contribution in [1.82, 2.24) is 5.32 Å². The average molecular weight is 197 g/mol. The van der Waals surface area contributed by atoms with Crippen molar-refractivity contribution in [3.05, 3.63) is 21.9 Å². The Morgan fingerprint density at radius 1 is 1.38 bits per heavy atom. The van der Waals surface area contributed by atoms with E-state index in [0.717, 1.165) is 12.5 Å². The summed E-state index contributed by atoms with van der Waals surface area (Å²) in [5, 5.41) is 5.70. The predicted octanol–water partition coefficient (Wildman–Crippen LogP) is 3.36. The molecule has 0 aromatic carbocycles. The van der Waals surface area contributed by atoms with Crippen LogP contribution in [0.25, 0.3) is 0 Å². The van der Waals surface area contributed by atoms with Gasteiger partial charge in [-0.05, 0) is 43.3 Å². The molecule has 0 unspecified atom stereocenters. The third-order valence-corrected chi connectivity index (χ3v) is 3.33. The summed E-state index contributed by atoms with van der Waals surface area (Å²) in [4.78, 5) is 1.47. The molecule has 0 bridgehead atoms. The number of nitrogens with one attached hydrogen (secondary N) is 1. The second-order valence-corrected chi connectivity index (χ2v) is 4.94. The van der Waals surface area contributed by atoms with Crippen LogP contribution < -0.4 is 5.32 Å². The molecule has 0 aliphatic carbocycles. The van der Waals surface area contributed by atoms with Crippen LogP contribution in [0.3, 0.4) is 0 Å². The lowest BCUT2D eigenvalue weighted by Gasteiger charge is -2.14. The summed E-state index contributed by atoms with van der Waals surface area (Å²) in [6.07, 6.45) is 0. The first kappa shape index (κ1) is 10.7. The van der Waals surface area contributed by atoms with Crippen LogP contribution in [0.1, 0.15) is 37.3 Å². The summed E-state index contributed by atoms with van der Waals surface area (Å²) >= 11 is 1.85. The zero-order valence-electron chi connectivity index (χ0n) is 8.92. The Kier molecular flexibility index (Phi) is 3.94. The molecular weight excluding hydrogens is 178 g/mol. The Balaban J connectivity index is 2.49. The van der Waals surface area contributed by atoms with Crippen LogP contribution in [0.15, 0.2) is 11.4 Å². The molecule has 1 aromatic rings. The Labute approximate surface area is 85.2 Å². The molecule has 2 heteroatoms. The lowest BCUT2D eigenvalue weighted by Crippen LogP contribution is -2.22. The number of hydrogen-bond donors (Lipinski definition) is 1. The van der Waals surface area contributed by atoms with Crippen molar-refractivity contribution in [1.29, 1.82) is 0 Å². The van der Waals surface area contributed by atoms with Gasteiger partial charge in [0.2, 0.25) is 0 Å². The molecule has 1 aromatic heterocycles. The predicted molar refractivity (Wildman–Crippen MR) is 60.3 cm³/mol. The summed E-state index contributed by atoms with van der Waals surface area (Å²) in [6.45, 7) is 9.99. The fraction of sp³-hybridized carbons (Fsp3) is 0.636. The minimum atomic E-state index is 0.502. The van der Waals surface area contributed by atoms with Gasteiger partial charge in [0, 0.05) is 10.9 Å². The molecule has 1 atom stereocenters. The van der Waals surface area contributed by atoms with Crippen molar-refractivity contribution in [2.75, 3.05) is 6.54 Å². The van der Waals surface area contributed by atoms with Crippen LogP contribution in [-0.2, 0) is 0 Å². The van der Waals surface area contributed by atoms with Gasteiger partial charge in [0.1, 0.15) is 0 Å². The maximum atomic E-state index is 3.54. The van der Waals surface area contributed by atoms with Gasteiger partial charge in [0.25, 0.3) is 0 Å². The molecule has 1 nitrogen and oxygen atoms in total. The van der Waals surface area contributed by atoms with E-state index in [-0.39, 0.29) is 0 Å². The van der Waals surface area contributed by atoms with Crippen molar-refractivity contribution >= 4 is 11.3 Å². The van der Waals surface area contributed by atoms with Crippen LogP contribution >= 0.6 is 11.3 Å². The third-order valence-electron chi connectivity index (χ3n) is 2.13. The number of aryl methyl sites for hydroxylation is 1. The summed E-state index contributed by atoms with van der Waals surface area (Å²) < 4.78 is 0. The molecule has 0 aliphatic rings. The lowest BCUT2D eigenvalue weighted by atomic mass is 10.1. The van der Waals surface area contributed by atoms with Crippen LogP contribution in [0.5, 0.6) is 0 Å². The Hall–Kier alpha value is -0.340. The van der Waals surface area contributed by atoms with Gasteiger partial charge in [-0.2, -0.15) is 0 Å². The average Bonchev–Trinajstić information content (AvgIpc) is 2.47. The lowest BCUT2D eigenvalue weighted by molar-refractivity contribution is 0.499. The van der Waals surface area contributed by atoms with E-state index in [2.05, 4.69) is 44.5 Å². The highest BCUT2D eigenvalue weighted by atomic mass is 32.1. The van der Waals surface area contributed by atoms with Gasteiger partial charge in [0.15, 0.2) is 0 Å². The summed E-state index contributed by atoms with van der Waals surface area (Å²) in [7, 11) is 0. The van der Waals surface area contributed by atoms with Crippen molar-refractivity contribution in [3.8, 4) is 0 Å². The van der Waals surface area contributed by atoms with Gasteiger partial charge in [-0.15, -0.1) is 11.3 Å². The van der Waals surface area contributed by atoms with E-state index in [0.29, 0.717) is 6.04 Å². The molecule has 0 amide bonds. The Bertz CT molecular complexity index is 252. The number of thiophene rings is 1. The van der Waals surface area contributed by atoms with E-state index < -0.39 is 0 Å². The second-order valence-electron chi connectivity index (χ2n) is 3.99. The van der Waals surface area contributed by atoms with E-state index in [1.807, 2.05) is 11.3 Å². The molecule has 1 heterocycles. The largest absolute Gasteiger partial charge is 0.309 e. The highest BCUT2D eigenvalue weighted by Gasteiger charge is 2.08. The molecule has 0 spiro atoms. The van der Waals surface area contributed by atoms with Crippen molar-refractivity contribution in [3.63, 3.8) is 0 Å². The van der Waals surface area contributed by atoms with Gasteiger partial charge < -0.3 is 5.32 Å². The second kappa shape index (κ2) is 4.77. The van der Waals surface area contributed by atoms with Gasteiger partial charge in [-0.25, -0.2) is 0 Å². The molecule has 0 radical (unpaired) electrons. The standard InChI is InChI=1S/C11H19NS/c1-8(2)7-12-10(4)11-9(3)5-6-13-11/h5-6,8,10,12H,7H2,1-4H3/t10-/m0/s1. The minimum absolute atomic E-state index is 0.502. The number of hydrogen-bond acceptors (Lipinski definition) is 2. The molecule has 1 rings (SSSR count). The van der Waals surface area contributed by atoms with E-state index in [1.165, 1.54) is 10.4 Å². The van der Waals surface area contributed by atoms with Crippen LogP contribution in [0.4, 0.5) is 0 Å². The van der Waals surface area contributed by atoms with Crippen LogP contribution in [-0.4, -0.2) is 6.54 Å². The van der Waals surface area contributed by atoms with Gasteiger partial charge in [-0.3, -0.25) is 0 Å². The Morgan fingerprint density at radius 2 is 2.08 bits per heavy atom. The third kappa shape index (κ3) is 3.12. The van der Waals surface area contributed by atoms with Crippen molar-refractivity contribution < 1.29 is 0 Å². The quantitative estimate of drug-likeness (QED) is 0.780. The fourth-order valence-electron chi connectivity index (χ4n) is 1.33. The fourth-order valence-corrected chi connectivity index (χ4v) is 2.29. The van der Waals surface area contributed by atoms with Crippen molar-refractivity contribution in [2.24, 2.45) is 5.92 Å². The van der Waals surface area contributed by atoms with Crippen LogP contribution in [0, 0.1) is 12.8 Å². The number of rotatable bonds is 4. The first-order valence-electron chi connectivity index (χ1n) is 4.88. The van der Waals surface area contributed by atoms with Crippen molar-refractivity contribution in [2.45, 2.75) is 33.7 Å². The zero-order valence-corrected chi connectivity index (χ0v) is 9.74. The van der Waals surface area contributed by atoms with E-state index in [4.69, 9.17) is 0 Å². The zero-order chi connectivity index (χ0) is 9.84. The van der Waals surface area contributed by atoms with E-state index >= 15 is 0 Å². The maximum absolute atomic E-state index is 3.54. The smallest absolute Gasteiger partial charge is 0.0388 e.